The van der Waals surface area contributed by atoms with Gasteiger partial charge in [0.1, 0.15) is 5.82 Å². The second-order valence-corrected chi connectivity index (χ2v) is 9.02. The van der Waals surface area contributed by atoms with Crippen LogP contribution in [0.15, 0.2) is 42.6 Å². The second kappa shape index (κ2) is 9.67. The number of aromatic nitrogens is 4. The minimum atomic E-state index is -4.44. The van der Waals surface area contributed by atoms with Gasteiger partial charge in [-0.2, -0.15) is 28.1 Å². The highest BCUT2D eigenvalue weighted by molar-refractivity contribution is 5.59. The molecule has 1 aromatic carbocycles. The molecule has 0 radical (unpaired) electrons. The molecule has 184 valence electrons. The van der Waals surface area contributed by atoms with Crippen molar-refractivity contribution < 1.29 is 13.2 Å². The normalized spacial score (nSPS) is 17.1. The number of nitrogens with zero attached hydrogens (tertiary/aromatic N) is 7. The molecule has 2 fully saturated rings. The Balaban J connectivity index is 1.41. The fourth-order valence-electron chi connectivity index (χ4n) is 4.55. The summed E-state index contributed by atoms with van der Waals surface area (Å²) in [7, 11) is 0. The quantitative estimate of drug-likeness (QED) is 0.538. The van der Waals surface area contributed by atoms with Gasteiger partial charge in [0.25, 0.3) is 0 Å². The van der Waals surface area contributed by atoms with Crippen molar-refractivity contribution >= 4 is 17.7 Å². The first-order valence-electron chi connectivity index (χ1n) is 12.0. The van der Waals surface area contributed by atoms with Crippen LogP contribution in [0.4, 0.5) is 30.9 Å². The Hall–Kier alpha value is -3.43. The molecule has 10 heteroatoms. The maximum Gasteiger partial charge on any atom is 0.419 e. The predicted octanol–water partition coefficient (Wildman–Crippen LogP) is 4.58. The van der Waals surface area contributed by atoms with Gasteiger partial charge in [0.15, 0.2) is 5.82 Å². The Morgan fingerprint density at radius 2 is 1.31 bits per heavy atom. The van der Waals surface area contributed by atoms with Crippen LogP contribution in [0, 0.1) is 6.92 Å². The zero-order valence-electron chi connectivity index (χ0n) is 19.7. The molecule has 0 aliphatic carbocycles. The molecule has 2 aliphatic heterocycles. The summed E-state index contributed by atoms with van der Waals surface area (Å²) in [5.74, 6) is 1.82. The van der Waals surface area contributed by atoms with E-state index in [2.05, 4.69) is 9.88 Å². The number of hydrogen-bond acceptors (Lipinski definition) is 7. The zero-order chi connectivity index (χ0) is 24.4. The van der Waals surface area contributed by atoms with Crippen LogP contribution < -0.4 is 14.7 Å². The summed E-state index contributed by atoms with van der Waals surface area (Å²) >= 11 is 0. The molecule has 0 N–H and O–H groups in total. The number of rotatable bonds is 4. The van der Waals surface area contributed by atoms with E-state index in [0.29, 0.717) is 43.9 Å². The first kappa shape index (κ1) is 23.3. The van der Waals surface area contributed by atoms with Gasteiger partial charge in [-0.1, -0.05) is 29.8 Å². The summed E-state index contributed by atoms with van der Waals surface area (Å²) in [6.07, 6.45) is 0.369. The maximum absolute atomic E-state index is 13.5. The Morgan fingerprint density at radius 3 is 1.94 bits per heavy atom. The molecule has 0 saturated carbocycles. The van der Waals surface area contributed by atoms with Crippen LogP contribution in [-0.2, 0) is 6.18 Å². The van der Waals surface area contributed by atoms with Gasteiger partial charge >= 0.3 is 6.18 Å². The van der Waals surface area contributed by atoms with Crippen LogP contribution >= 0.6 is 0 Å². The van der Waals surface area contributed by atoms with Gasteiger partial charge in [-0.05, 0) is 38.3 Å². The van der Waals surface area contributed by atoms with Gasteiger partial charge in [0.2, 0.25) is 11.9 Å². The number of pyridine rings is 1. The highest BCUT2D eigenvalue weighted by Crippen LogP contribution is 2.35. The van der Waals surface area contributed by atoms with Gasteiger partial charge in [-0.15, -0.1) is 0 Å². The summed E-state index contributed by atoms with van der Waals surface area (Å²) in [5, 5.41) is 0. The summed E-state index contributed by atoms with van der Waals surface area (Å²) in [5.41, 5.74) is 1.37. The third kappa shape index (κ3) is 5.16. The van der Waals surface area contributed by atoms with Gasteiger partial charge in [0.05, 0.1) is 5.56 Å². The van der Waals surface area contributed by atoms with Crippen LogP contribution in [-0.4, -0.2) is 59.2 Å². The highest BCUT2D eigenvalue weighted by Gasteiger charge is 2.36. The van der Waals surface area contributed by atoms with Crippen LogP contribution in [0.5, 0.6) is 0 Å². The summed E-state index contributed by atoms with van der Waals surface area (Å²) in [6.45, 7) is 5.62. The van der Waals surface area contributed by atoms with Crippen LogP contribution in [0.2, 0.25) is 0 Å². The zero-order valence-corrected chi connectivity index (χ0v) is 19.7. The van der Waals surface area contributed by atoms with Crippen molar-refractivity contribution in [2.75, 3.05) is 54.0 Å². The third-order valence-electron chi connectivity index (χ3n) is 6.51. The fraction of sp³-hybridized carbons (Fsp3) is 0.440. The Morgan fingerprint density at radius 1 is 0.714 bits per heavy atom. The van der Waals surface area contributed by atoms with E-state index in [0.717, 1.165) is 43.1 Å². The topological polar surface area (TPSA) is 61.3 Å². The van der Waals surface area contributed by atoms with Crippen molar-refractivity contribution in [1.82, 2.24) is 19.9 Å². The number of piperidine rings is 1. The Labute approximate surface area is 202 Å². The first-order chi connectivity index (χ1) is 16.9. The average Bonchev–Trinajstić information content (AvgIpc) is 2.89. The standard InChI is InChI=1S/C25H28F3N7/c1-18-7-9-19(10-8-18)21-30-23(34-12-3-2-4-13-34)32-24(31-21)35-16-14-33(15-17-35)22-20(25(26,27)28)6-5-11-29-22/h5-11H,2-4,12-17H2,1H3. The summed E-state index contributed by atoms with van der Waals surface area (Å²) in [4.78, 5) is 24.3. The smallest absolute Gasteiger partial charge is 0.353 e. The number of hydrogen-bond donors (Lipinski definition) is 0. The minimum absolute atomic E-state index is 0.0235. The van der Waals surface area contributed by atoms with Crippen molar-refractivity contribution in [2.24, 2.45) is 0 Å². The molecule has 2 aromatic heterocycles. The van der Waals surface area contributed by atoms with Crippen molar-refractivity contribution in [3.63, 3.8) is 0 Å². The van der Waals surface area contributed by atoms with Crippen LogP contribution in [0.3, 0.4) is 0 Å². The van der Waals surface area contributed by atoms with Gasteiger partial charge < -0.3 is 14.7 Å². The van der Waals surface area contributed by atoms with E-state index in [-0.39, 0.29) is 5.82 Å². The predicted molar refractivity (Wildman–Crippen MR) is 130 cm³/mol. The van der Waals surface area contributed by atoms with E-state index in [1.165, 1.54) is 18.7 Å². The molecule has 7 nitrogen and oxygen atoms in total. The van der Waals surface area contributed by atoms with E-state index in [9.17, 15) is 13.2 Å². The average molecular weight is 484 g/mol. The van der Waals surface area contributed by atoms with Gasteiger partial charge in [-0.3, -0.25) is 0 Å². The molecule has 3 aromatic rings. The number of aryl methyl sites for hydroxylation is 1. The van der Waals surface area contributed by atoms with Gasteiger partial charge in [0, 0.05) is 51.0 Å². The first-order valence-corrected chi connectivity index (χ1v) is 12.0. The molecular formula is C25H28F3N7. The molecule has 4 heterocycles. The molecule has 35 heavy (non-hydrogen) atoms. The van der Waals surface area contributed by atoms with Crippen molar-refractivity contribution in [3.05, 3.63) is 53.7 Å². The second-order valence-electron chi connectivity index (χ2n) is 9.02. The summed E-state index contributed by atoms with van der Waals surface area (Å²) < 4.78 is 40.5. The lowest BCUT2D eigenvalue weighted by Crippen LogP contribution is -2.48. The van der Waals surface area contributed by atoms with Crippen molar-refractivity contribution in [3.8, 4) is 11.4 Å². The molecule has 0 unspecified atom stereocenters. The molecule has 0 atom stereocenters. The lowest BCUT2D eigenvalue weighted by Gasteiger charge is -2.36. The number of halogens is 3. The van der Waals surface area contributed by atoms with E-state index < -0.39 is 11.7 Å². The third-order valence-corrected chi connectivity index (χ3v) is 6.51. The van der Waals surface area contributed by atoms with E-state index in [1.807, 2.05) is 36.1 Å². The lowest BCUT2D eigenvalue weighted by molar-refractivity contribution is -0.137. The number of benzene rings is 1. The molecule has 0 amide bonds. The van der Waals surface area contributed by atoms with Gasteiger partial charge in [-0.25, -0.2) is 4.98 Å². The van der Waals surface area contributed by atoms with Crippen molar-refractivity contribution in [1.29, 1.82) is 0 Å². The number of alkyl halides is 3. The monoisotopic (exact) mass is 483 g/mol. The van der Waals surface area contributed by atoms with Crippen LogP contribution in [0.25, 0.3) is 11.4 Å². The van der Waals surface area contributed by atoms with E-state index >= 15 is 0 Å². The lowest BCUT2D eigenvalue weighted by atomic mass is 10.1. The molecule has 0 bridgehead atoms. The minimum Gasteiger partial charge on any atom is -0.353 e. The Bertz CT molecular complexity index is 1150. The number of piperazine rings is 1. The SMILES string of the molecule is Cc1ccc(-c2nc(N3CCCCC3)nc(N3CCN(c4ncccc4C(F)(F)F)CC3)n2)cc1. The maximum atomic E-state index is 13.5. The largest absolute Gasteiger partial charge is 0.419 e. The van der Waals surface area contributed by atoms with E-state index in [4.69, 9.17) is 15.0 Å². The molecule has 2 aliphatic rings. The molecule has 5 rings (SSSR count). The molecule has 2 saturated heterocycles. The fourth-order valence-corrected chi connectivity index (χ4v) is 4.55. The Kier molecular flexibility index (Phi) is 6.44. The van der Waals surface area contributed by atoms with Crippen LogP contribution in [0.1, 0.15) is 30.4 Å². The highest BCUT2D eigenvalue weighted by atomic mass is 19.4. The number of anilines is 3. The molecule has 0 spiro atoms. The molecular weight excluding hydrogens is 455 g/mol. The van der Waals surface area contributed by atoms with E-state index in [1.54, 1.807) is 4.90 Å². The summed E-state index contributed by atoms with van der Waals surface area (Å²) in [6, 6.07) is 10.5. The van der Waals surface area contributed by atoms with Crippen molar-refractivity contribution in [2.45, 2.75) is 32.4 Å².